The number of ether oxygens (including phenoxy) is 8. The SMILES string of the molecule is CCCOc1cc(OCCC)c(C(=O)Oc2ccc(-c3ccc(OC(=O)c4c(OC)cc(OC)cc4OC)cc3)cc2)c(OCCC)c1. The van der Waals surface area contributed by atoms with E-state index in [1.54, 1.807) is 48.5 Å². The number of carbonyl (C=O) groups is 2. The summed E-state index contributed by atoms with van der Waals surface area (Å²) < 4.78 is 45.1. The number of methoxy groups -OCH3 is 3. The van der Waals surface area contributed by atoms with E-state index >= 15 is 0 Å². The summed E-state index contributed by atoms with van der Waals surface area (Å²) in [5.74, 6) is 1.73. The van der Waals surface area contributed by atoms with Gasteiger partial charge >= 0.3 is 11.9 Å². The summed E-state index contributed by atoms with van der Waals surface area (Å²) in [4.78, 5) is 26.6. The second-order valence-electron chi connectivity index (χ2n) is 10.6. The fourth-order valence-electron chi connectivity index (χ4n) is 4.68. The molecule has 0 aliphatic rings. The van der Waals surface area contributed by atoms with Crippen LogP contribution in [0.4, 0.5) is 0 Å². The Kier molecular flexibility index (Phi) is 12.9. The van der Waals surface area contributed by atoms with Crippen molar-refractivity contribution in [3.8, 4) is 57.1 Å². The van der Waals surface area contributed by atoms with E-state index in [1.165, 1.54) is 21.3 Å². The van der Waals surface area contributed by atoms with E-state index in [-0.39, 0.29) is 22.6 Å². The molecular weight excluding hydrogens is 616 g/mol. The van der Waals surface area contributed by atoms with Gasteiger partial charge in [0.1, 0.15) is 57.1 Å². The zero-order valence-corrected chi connectivity index (χ0v) is 28.3. The topological polar surface area (TPSA) is 108 Å². The molecule has 4 aromatic rings. The molecule has 48 heavy (non-hydrogen) atoms. The van der Waals surface area contributed by atoms with Crippen molar-refractivity contribution in [2.45, 2.75) is 40.0 Å². The maximum Gasteiger partial charge on any atom is 0.351 e. The van der Waals surface area contributed by atoms with Gasteiger partial charge in [-0.3, -0.25) is 0 Å². The molecule has 0 saturated carbocycles. The molecule has 0 aliphatic heterocycles. The molecule has 0 saturated heterocycles. The highest BCUT2D eigenvalue weighted by molar-refractivity contribution is 5.98. The quantitative estimate of drug-likeness (QED) is 0.0814. The van der Waals surface area contributed by atoms with Crippen LogP contribution in [0.5, 0.6) is 46.0 Å². The number of rotatable bonds is 17. The fourth-order valence-corrected chi connectivity index (χ4v) is 4.68. The third-order valence-electron chi connectivity index (χ3n) is 7.02. The van der Waals surface area contributed by atoms with Gasteiger partial charge in [-0.2, -0.15) is 0 Å². The number of hydrogen-bond acceptors (Lipinski definition) is 10. The predicted octanol–water partition coefficient (Wildman–Crippen LogP) is 8.18. The summed E-state index contributed by atoms with van der Waals surface area (Å²) in [7, 11) is 4.41. The maximum absolute atomic E-state index is 13.5. The van der Waals surface area contributed by atoms with Gasteiger partial charge in [0, 0.05) is 24.3 Å². The van der Waals surface area contributed by atoms with Crippen LogP contribution in [0.2, 0.25) is 0 Å². The van der Waals surface area contributed by atoms with E-state index < -0.39 is 11.9 Å². The van der Waals surface area contributed by atoms with Crippen LogP contribution in [0, 0.1) is 0 Å². The van der Waals surface area contributed by atoms with E-state index in [2.05, 4.69) is 0 Å². The minimum atomic E-state index is -0.639. The van der Waals surface area contributed by atoms with Gasteiger partial charge in [0.05, 0.1) is 41.2 Å². The number of hydrogen-bond donors (Lipinski definition) is 0. The van der Waals surface area contributed by atoms with E-state index in [1.807, 2.05) is 45.0 Å². The molecular formula is C38H42O10. The lowest BCUT2D eigenvalue weighted by molar-refractivity contribution is 0.0715. The van der Waals surface area contributed by atoms with Gasteiger partial charge in [0.2, 0.25) is 0 Å². The zero-order chi connectivity index (χ0) is 34.5. The molecule has 0 fully saturated rings. The van der Waals surface area contributed by atoms with Gasteiger partial charge in [-0.25, -0.2) is 9.59 Å². The first-order valence-electron chi connectivity index (χ1n) is 15.9. The molecule has 10 nitrogen and oxygen atoms in total. The Morgan fingerprint density at radius 1 is 0.458 bits per heavy atom. The van der Waals surface area contributed by atoms with Crippen LogP contribution in [0.25, 0.3) is 11.1 Å². The van der Waals surface area contributed by atoms with Crippen molar-refractivity contribution < 1.29 is 47.5 Å². The van der Waals surface area contributed by atoms with Crippen molar-refractivity contribution >= 4 is 11.9 Å². The van der Waals surface area contributed by atoms with Crippen LogP contribution in [-0.2, 0) is 0 Å². The highest BCUT2D eigenvalue weighted by Gasteiger charge is 2.25. The molecule has 4 aromatic carbocycles. The Morgan fingerprint density at radius 3 is 1.21 bits per heavy atom. The van der Waals surface area contributed by atoms with Crippen molar-refractivity contribution in [1.29, 1.82) is 0 Å². The smallest absolute Gasteiger partial charge is 0.351 e. The Balaban J connectivity index is 1.50. The van der Waals surface area contributed by atoms with Crippen molar-refractivity contribution in [2.24, 2.45) is 0 Å². The Hall–Kier alpha value is -5.38. The molecule has 0 amide bonds. The summed E-state index contributed by atoms with van der Waals surface area (Å²) in [5.41, 5.74) is 2.08. The average Bonchev–Trinajstić information content (AvgIpc) is 3.11. The summed E-state index contributed by atoms with van der Waals surface area (Å²) >= 11 is 0. The Labute approximate surface area is 281 Å². The molecule has 0 unspecified atom stereocenters. The highest BCUT2D eigenvalue weighted by atomic mass is 16.6. The molecule has 0 radical (unpaired) electrons. The highest BCUT2D eigenvalue weighted by Crippen LogP contribution is 2.37. The molecule has 0 aliphatic carbocycles. The summed E-state index contributed by atoms with van der Waals surface area (Å²) in [6, 6.07) is 20.7. The van der Waals surface area contributed by atoms with Gasteiger partial charge in [-0.1, -0.05) is 45.0 Å². The fraction of sp³-hybridized carbons (Fsp3) is 0.316. The Bertz CT molecular complexity index is 1610. The zero-order valence-electron chi connectivity index (χ0n) is 28.3. The lowest BCUT2D eigenvalue weighted by Gasteiger charge is -2.17. The summed E-state index contributed by atoms with van der Waals surface area (Å²) in [5, 5.41) is 0. The van der Waals surface area contributed by atoms with Crippen LogP contribution in [0.3, 0.4) is 0 Å². The third kappa shape index (κ3) is 8.90. The minimum Gasteiger partial charge on any atom is -0.496 e. The predicted molar refractivity (Wildman–Crippen MR) is 182 cm³/mol. The van der Waals surface area contributed by atoms with Crippen molar-refractivity contribution in [3.05, 3.63) is 83.9 Å². The van der Waals surface area contributed by atoms with Gasteiger partial charge in [-0.05, 0) is 54.7 Å². The van der Waals surface area contributed by atoms with E-state index in [9.17, 15) is 9.59 Å². The van der Waals surface area contributed by atoms with Crippen LogP contribution in [-0.4, -0.2) is 53.1 Å². The van der Waals surface area contributed by atoms with E-state index in [4.69, 9.17) is 37.9 Å². The molecule has 0 heterocycles. The first-order chi connectivity index (χ1) is 23.3. The van der Waals surface area contributed by atoms with Gasteiger partial charge in [-0.15, -0.1) is 0 Å². The van der Waals surface area contributed by atoms with Crippen LogP contribution < -0.4 is 37.9 Å². The van der Waals surface area contributed by atoms with Crippen molar-refractivity contribution in [3.63, 3.8) is 0 Å². The van der Waals surface area contributed by atoms with Crippen LogP contribution in [0.15, 0.2) is 72.8 Å². The lowest BCUT2D eigenvalue weighted by atomic mass is 10.1. The normalized spacial score (nSPS) is 10.5. The molecule has 4 rings (SSSR count). The molecule has 0 aromatic heterocycles. The third-order valence-corrected chi connectivity index (χ3v) is 7.02. The van der Waals surface area contributed by atoms with Gasteiger partial charge in [0.25, 0.3) is 0 Å². The first-order valence-corrected chi connectivity index (χ1v) is 15.9. The molecule has 0 atom stereocenters. The molecule has 10 heteroatoms. The summed E-state index contributed by atoms with van der Waals surface area (Å²) in [6.07, 6.45) is 2.36. The van der Waals surface area contributed by atoms with Crippen LogP contribution in [0.1, 0.15) is 60.7 Å². The van der Waals surface area contributed by atoms with Gasteiger partial charge < -0.3 is 37.9 Å². The second kappa shape index (κ2) is 17.5. The minimum absolute atomic E-state index is 0.142. The number of benzene rings is 4. The van der Waals surface area contributed by atoms with Gasteiger partial charge in [0.15, 0.2) is 0 Å². The van der Waals surface area contributed by atoms with Crippen molar-refractivity contribution in [1.82, 2.24) is 0 Å². The lowest BCUT2D eigenvalue weighted by Crippen LogP contribution is -2.14. The summed E-state index contributed by atoms with van der Waals surface area (Å²) in [6.45, 7) is 7.36. The number of esters is 2. The molecule has 0 spiro atoms. The largest absolute Gasteiger partial charge is 0.496 e. The first kappa shape index (κ1) is 35.5. The molecule has 0 N–H and O–H groups in total. The molecule has 0 bridgehead atoms. The van der Waals surface area contributed by atoms with E-state index in [0.29, 0.717) is 54.3 Å². The average molecular weight is 659 g/mol. The maximum atomic E-state index is 13.5. The van der Waals surface area contributed by atoms with Crippen molar-refractivity contribution in [2.75, 3.05) is 41.2 Å². The van der Waals surface area contributed by atoms with E-state index in [0.717, 1.165) is 30.4 Å². The van der Waals surface area contributed by atoms with Crippen LogP contribution >= 0.6 is 0 Å². The second-order valence-corrected chi connectivity index (χ2v) is 10.6. The molecule has 254 valence electrons. The number of carbonyl (C=O) groups excluding carboxylic acids is 2. The standard InChI is InChI=1S/C38H42O10/c1-7-18-44-30-23-33(45-19-8-2)36(34(24-30)46-20-9-3)38(40)48-28-16-12-26(13-17-28)25-10-14-27(15-11-25)47-37(39)35-31(42-5)21-29(41-4)22-32(35)43-6/h10-17,21-24H,7-9,18-20H2,1-6H3. The monoisotopic (exact) mass is 658 g/mol. The Morgan fingerprint density at radius 2 is 0.833 bits per heavy atom.